The number of nitrogens with one attached hydrogen (secondary N) is 1. The van der Waals surface area contributed by atoms with Crippen LogP contribution in [0.25, 0.3) is 0 Å². The van der Waals surface area contributed by atoms with Crippen LogP contribution in [0, 0.1) is 0 Å². The molecular formula is C21H24Br2N2O3. The number of hydrogen-bond acceptors (Lipinski definition) is 4. The highest BCUT2D eigenvalue weighted by atomic mass is 79.9. The number of hydrazone groups is 1. The maximum Gasteiger partial charge on any atom is 0.277 e. The number of ether oxygens (including phenoxy) is 2. The average Bonchev–Trinajstić information content (AvgIpc) is 2.68. The van der Waals surface area contributed by atoms with Gasteiger partial charge in [-0.3, -0.25) is 4.79 Å². The Balaban J connectivity index is 1.70. The molecule has 0 atom stereocenters. The molecule has 2 aromatic rings. The molecule has 1 amide bonds. The largest absolute Gasteiger partial charge is 0.494 e. The highest BCUT2D eigenvalue weighted by molar-refractivity contribution is 9.11. The molecule has 0 saturated heterocycles. The summed E-state index contributed by atoms with van der Waals surface area (Å²) in [6.07, 6.45) is 6.32. The van der Waals surface area contributed by atoms with E-state index in [-0.39, 0.29) is 12.5 Å². The van der Waals surface area contributed by atoms with Gasteiger partial charge in [0.15, 0.2) is 6.61 Å². The van der Waals surface area contributed by atoms with E-state index >= 15 is 0 Å². The van der Waals surface area contributed by atoms with E-state index < -0.39 is 0 Å². The van der Waals surface area contributed by atoms with E-state index in [2.05, 4.69) is 49.3 Å². The normalized spacial score (nSPS) is 10.8. The molecule has 0 saturated carbocycles. The van der Waals surface area contributed by atoms with Gasteiger partial charge in [-0.1, -0.05) is 42.1 Å². The number of rotatable bonds is 11. The van der Waals surface area contributed by atoms with Crippen LogP contribution in [0.3, 0.4) is 0 Å². The summed E-state index contributed by atoms with van der Waals surface area (Å²) in [5.74, 6) is 1.09. The standard InChI is InChI=1S/C21H24Br2N2O3/c1-2-3-4-5-12-27-18-9-6-16(7-10-18)14-24-25-21(26)15-28-20-11-8-17(22)13-19(20)23/h6-11,13-14H,2-5,12,15H2,1H3,(H,25,26)/b24-14+. The van der Waals surface area contributed by atoms with Gasteiger partial charge in [0.05, 0.1) is 17.3 Å². The molecule has 0 aliphatic rings. The van der Waals surface area contributed by atoms with Crippen LogP contribution in [0.1, 0.15) is 38.2 Å². The molecule has 2 aromatic carbocycles. The summed E-state index contributed by atoms with van der Waals surface area (Å²) >= 11 is 6.75. The molecule has 7 heteroatoms. The van der Waals surface area contributed by atoms with Crippen molar-refractivity contribution in [3.05, 3.63) is 57.0 Å². The van der Waals surface area contributed by atoms with Crippen LogP contribution in [-0.2, 0) is 4.79 Å². The molecule has 5 nitrogen and oxygen atoms in total. The number of carbonyl (C=O) groups excluding carboxylic acids is 1. The van der Waals surface area contributed by atoms with Crippen molar-refractivity contribution in [2.75, 3.05) is 13.2 Å². The second-order valence-electron chi connectivity index (χ2n) is 6.13. The second-order valence-corrected chi connectivity index (χ2v) is 7.90. The summed E-state index contributed by atoms with van der Waals surface area (Å²) < 4.78 is 12.9. The molecule has 0 aliphatic carbocycles. The van der Waals surface area contributed by atoms with Crippen molar-refractivity contribution in [1.29, 1.82) is 0 Å². The highest BCUT2D eigenvalue weighted by Crippen LogP contribution is 2.28. The lowest BCUT2D eigenvalue weighted by Gasteiger charge is -2.07. The lowest BCUT2D eigenvalue weighted by Crippen LogP contribution is -2.24. The Bertz CT molecular complexity index is 780. The van der Waals surface area contributed by atoms with E-state index in [1.807, 2.05) is 36.4 Å². The summed E-state index contributed by atoms with van der Waals surface area (Å²) in [5.41, 5.74) is 3.32. The minimum atomic E-state index is -0.335. The van der Waals surface area contributed by atoms with Gasteiger partial charge >= 0.3 is 0 Å². The number of carbonyl (C=O) groups is 1. The number of amides is 1. The summed E-state index contributed by atoms with van der Waals surface area (Å²) in [6.45, 7) is 2.80. The van der Waals surface area contributed by atoms with Crippen LogP contribution in [0.5, 0.6) is 11.5 Å². The zero-order chi connectivity index (χ0) is 20.2. The Morgan fingerprint density at radius 2 is 1.86 bits per heavy atom. The first-order valence-corrected chi connectivity index (χ1v) is 10.8. The van der Waals surface area contributed by atoms with E-state index in [4.69, 9.17) is 9.47 Å². The molecule has 28 heavy (non-hydrogen) atoms. The van der Waals surface area contributed by atoms with Gasteiger partial charge in [0.25, 0.3) is 5.91 Å². The predicted molar refractivity (Wildman–Crippen MR) is 119 cm³/mol. The third kappa shape index (κ3) is 8.44. The molecule has 0 bridgehead atoms. The molecule has 0 heterocycles. The van der Waals surface area contributed by atoms with Gasteiger partial charge in [-0.25, -0.2) is 5.43 Å². The molecule has 0 fully saturated rings. The summed E-state index contributed by atoms with van der Waals surface area (Å²) in [4.78, 5) is 11.8. The Morgan fingerprint density at radius 3 is 2.57 bits per heavy atom. The van der Waals surface area contributed by atoms with Crippen molar-refractivity contribution in [2.45, 2.75) is 32.6 Å². The topological polar surface area (TPSA) is 59.9 Å². The van der Waals surface area contributed by atoms with Gasteiger partial charge in [-0.05, 0) is 70.4 Å². The summed E-state index contributed by atoms with van der Waals surface area (Å²) in [7, 11) is 0. The van der Waals surface area contributed by atoms with E-state index in [1.165, 1.54) is 19.3 Å². The minimum absolute atomic E-state index is 0.123. The summed E-state index contributed by atoms with van der Waals surface area (Å²) in [6, 6.07) is 13.1. The molecule has 0 spiro atoms. The Morgan fingerprint density at radius 1 is 1.07 bits per heavy atom. The molecule has 0 unspecified atom stereocenters. The fraction of sp³-hybridized carbons (Fsp3) is 0.333. The fourth-order valence-corrected chi connectivity index (χ4v) is 3.48. The molecular weight excluding hydrogens is 488 g/mol. The zero-order valence-corrected chi connectivity index (χ0v) is 19.0. The van der Waals surface area contributed by atoms with Crippen molar-refractivity contribution in [3.8, 4) is 11.5 Å². The maximum atomic E-state index is 11.8. The van der Waals surface area contributed by atoms with Gasteiger partial charge in [-0.15, -0.1) is 0 Å². The lowest BCUT2D eigenvalue weighted by atomic mass is 10.2. The van der Waals surface area contributed by atoms with E-state index in [9.17, 15) is 4.79 Å². The Kier molecular flexibility index (Phi) is 10.1. The molecule has 150 valence electrons. The Hall–Kier alpha value is -1.86. The fourth-order valence-electron chi connectivity index (χ4n) is 2.32. The van der Waals surface area contributed by atoms with Gasteiger partial charge in [-0.2, -0.15) is 5.10 Å². The molecule has 1 N–H and O–H groups in total. The van der Waals surface area contributed by atoms with Crippen LogP contribution in [0.15, 0.2) is 56.5 Å². The third-order valence-corrected chi connectivity index (χ3v) is 4.92. The number of hydrogen-bond donors (Lipinski definition) is 1. The SMILES string of the molecule is CCCCCCOc1ccc(/C=N/NC(=O)COc2ccc(Br)cc2Br)cc1. The molecule has 2 rings (SSSR count). The molecule has 0 aliphatic heterocycles. The van der Waals surface area contributed by atoms with Crippen molar-refractivity contribution in [1.82, 2.24) is 5.43 Å². The van der Waals surface area contributed by atoms with Gasteiger partial charge in [0.2, 0.25) is 0 Å². The maximum absolute atomic E-state index is 11.8. The zero-order valence-electron chi connectivity index (χ0n) is 15.8. The van der Waals surface area contributed by atoms with E-state index in [1.54, 1.807) is 12.3 Å². The van der Waals surface area contributed by atoms with Crippen LogP contribution in [0.4, 0.5) is 0 Å². The number of benzene rings is 2. The molecule has 0 radical (unpaired) electrons. The minimum Gasteiger partial charge on any atom is -0.494 e. The predicted octanol–water partition coefficient (Wildman–Crippen LogP) is 5.70. The van der Waals surface area contributed by atoms with Crippen LogP contribution >= 0.6 is 31.9 Å². The third-order valence-electron chi connectivity index (χ3n) is 3.80. The molecule has 0 aromatic heterocycles. The summed E-state index contributed by atoms with van der Waals surface area (Å²) in [5, 5.41) is 3.95. The van der Waals surface area contributed by atoms with Crippen LogP contribution in [-0.4, -0.2) is 25.3 Å². The van der Waals surface area contributed by atoms with Crippen LogP contribution < -0.4 is 14.9 Å². The van der Waals surface area contributed by atoms with Crippen molar-refractivity contribution < 1.29 is 14.3 Å². The first-order valence-electron chi connectivity index (χ1n) is 9.21. The lowest BCUT2D eigenvalue weighted by molar-refractivity contribution is -0.123. The number of halogens is 2. The van der Waals surface area contributed by atoms with Gasteiger partial charge in [0, 0.05) is 4.47 Å². The van der Waals surface area contributed by atoms with E-state index in [0.717, 1.165) is 33.3 Å². The van der Waals surface area contributed by atoms with Gasteiger partial charge < -0.3 is 9.47 Å². The number of unbranched alkanes of at least 4 members (excludes halogenated alkanes) is 3. The van der Waals surface area contributed by atoms with Crippen LogP contribution in [0.2, 0.25) is 0 Å². The van der Waals surface area contributed by atoms with E-state index in [0.29, 0.717) is 5.75 Å². The second kappa shape index (κ2) is 12.6. The van der Waals surface area contributed by atoms with Gasteiger partial charge in [0.1, 0.15) is 11.5 Å². The quantitative estimate of drug-likeness (QED) is 0.239. The first kappa shape index (κ1) is 22.4. The van der Waals surface area contributed by atoms with Crippen molar-refractivity contribution in [3.63, 3.8) is 0 Å². The number of nitrogens with zero attached hydrogens (tertiary/aromatic N) is 1. The Labute approximate surface area is 182 Å². The monoisotopic (exact) mass is 510 g/mol. The van der Waals surface area contributed by atoms with Crippen molar-refractivity contribution in [2.24, 2.45) is 5.10 Å². The highest BCUT2D eigenvalue weighted by Gasteiger charge is 2.05. The first-order chi connectivity index (χ1) is 13.6. The average molecular weight is 512 g/mol. The van der Waals surface area contributed by atoms with Crippen molar-refractivity contribution >= 4 is 44.0 Å². The smallest absolute Gasteiger partial charge is 0.277 e.